The van der Waals surface area contributed by atoms with Gasteiger partial charge in [-0.2, -0.15) is 5.10 Å². The Kier molecular flexibility index (Phi) is 5.01. The number of phenols is 1. The van der Waals surface area contributed by atoms with Gasteiger partial charge in [0.2, 0.25) is 0 Å². The van der Waals surface area contributed by atoms with Crippen molar-refractivity contribution in [2.45, 2.75) is 50.0 Å². The van der Waals surface area contributed by atoms with Crippen LogP contribution in [0.25, 0.3) is 22.8 Å². The number of phenolic OH excluding ortho intramolecular Hbond substituents is 1. The number of aryl methyl sites for hydroxylation is 1. The fourth-order valence-corrected chi connectivity index (χ4v) is 4.61. The molecule has 4 atom stereocenters. The molecule has 2 aromatic heterocycles. The highest BCUT2D eigenvalue weighted by molar-refractivity contribution is 5.70. The van der Waals surface area contributed by atoms with Crippen LogP contribution in [0.5, 0.6) is 5.75 Å². The first-order valence-corrected chi connectivity index (χ1v) is 10.5. The summed E-state index contributed by atoms with van der Waals surface area (Å²) < 4.78 is 16.6. The standard InChI is InChI=1S/C21H25FN8O/c1-29-11-24-20(28-29)12-6-7-14(17(31)8-12)21-23-10-18(26-27-21)30(2)16-9-13-4-3-5-15(25-13)19(16)22/h6-8,10-11,13,15-16,19,25,31H,3-5,9H2,1-2H3/t13-,15-,16-,19+/m0/s1. The molecule has 2 fully saturated rings. The number of fused-ring (bicyclic) bond motifs is 2. The molecule has 2 bridgehead atoms. The summed E-state index contributed by atoms with van der Waals surface area (Å²) >= 11 is 0. The lowest BCUT2D eigenvalue weighted by atomic mass is 9.82. The second kappa shape index (κ2) is 7.84. The molecular formula is C21H25FN8O. The number of nitrogens with zero attached hydrogens (tertiary/aromatic N) is 7. The monoisotopic (exact) mass is 424 g/mol. The maximum absolute atomic E-state index is 15.0. The molecule has 2 N–H and O–H groups in total. The number of rotatable bonds is 4. The molecule has 2 aliphatic heterocycles. The second-order valence-electron chi connectivity index (χ2n) is 8.37. The van der Waals surface area contributed by atoms with Crippen LogP contribution in [0.2, 0.25) is 0 Å². The topological polar surface area (TPSA) is 105 Å². The number of aromatic nitrogens is 6. The molecule has 0 radical (unpaired) electrons. The van der Waals surface area contributed by atoms with Crippen molar-refractivity contribution in [2.24, 2.45) is 7.05 Å². The van der Waals surface area contributed by atoms with Crippen molar-refractivity contribution < 1.29 is 9.50 Å². The van der Waals surface area contributed by atoms with E-state index in [1.165, 1.54) is 0 Å². The number of piperidine rings is 2. The largest absolute Gasteiger partial charge is 0.507 e. The van der Waals surface area contributed by atoms with Crippen LogP contribution in [0.3, 0.4) is 0 Å². The summed E-state index contributed by atoms with van der Waals surface area (Å²) in [5.74, 6) is 1.36. The van der Waals surface area contributed by atoms with Crippen molar-refractivity contribution in [3.05, 3.63) is 30.7 Å². The Bertz CT molecular complexity index is 1070. The molecule has 10 heteroatoms. The minimum atomic E-state index is -0.958. The molecule has 0 amide bonds. The Morgan fingerprint density at radius 2 is 2.06 bits per heavy atom. The Morgan fingerprint density at radius 3 is 2.77 bits per heavy atom. The first-order valence-electron chi connectivity index (χ1n) is 10.5. The molecule has 0 spiro atoms. The van der Waals surface area contributed by atoms with Crippen LogP contribution < -0.4 is 10.2 Å². The van der Waals surface area contributed by atoms with E-state index in [9.17, 15) is 5.11 Å². The number of alkyl halides is 1. The summed E-state index contributed by atoms with van der Waals surface area (Å²) in [6.45, 7) is 0. The number of hydrogen-bond acceptors (Lipinski definition) is 8. The van der Waals surface area contributed by atoms with Crippen molar-refractivity contribution in [1.29, 1.82) is 0 Å². The van der Waals surface area contributed by atoms with Gasteiger partial charge in [-0.3, -0.25) is 4.68 Å². The Labute approximate surface area is 179 Å². The lowest BCUT2D eigenvalue weighted by Crippen LogP contribution is -2.61. The first kappa shape index (κ1) is 19.8. The van der Waals surface area contributed by atoms with Gasteiger partial charge in [0.1, 0.15) is 18.2 Å². The minimum Gasteiger partial charge on any atom is -0.507 e. The molecule has 0 aliphatic carbocycles. The van der Waals surface area contributed by atoms with Crippen LogP contribution in [0.15, 0.2) is 30.7 Å². The molecular weight excluding hydrogens is 399 g/mol. The van der Waals surface area contributed by atoms with E-state index in [0.29, 0.717) is 34.6 Å². The predicted octanol–water partition coefficient (Wildman–Crippen LogP) is 2.10. The van der Waals surface area contributed by atoms with Crippen molar-refractivity contribution in [1.82, 2.24) is 35.3 Å². The molecule has 0 saturated carbocycles. The SMILES string of the molecule is CN(c1cnc(-c2ccc(-c3ncn(C)n3)cc2O)nn1)[C@H]1C[C@@H]2CCC[C@H](N2)[C@H]1F. The van der Waals surface area contributed by atoms with Gasteiger partial charge < -0.3 is 15.3 Å². The van der Waals surface area contributed by atoms with Gasteiger partial charge in [0.25, 0.3) is 0 Å². The molecule has 31 heavy (non-hydrogen) atoms. The number of anilines is 1. The Balaban J connectivity index is 1.35. The van der Waals surface area contributed by atoms with E-state index in [1.807, 2.05) is 11.9 Å². The third kappa shape index (κ3) is 3.71. The van der Waals surface area contributed by atoms with E-state index in [2.05, 4.69) is 30.6 Å². The van der Waals surface area contributed by atoms with Crippen molar-refractivity contribution in [3.8, 4) is 28.5 Å². The average Bonchev–Trinajstić information content (AvgIpc) is 3.22. The molecule has 5 rings (SSSR count). The van der Waals surface area contributed by atoms with E-state index >= 15 is 4.39 Å². The molecule has 2 saturated heterocycles. The Morgan fingerprint density at radius 1 is 1.19 bits per heavy atom. The van der Waals surface area contributed by atoms with Gasteiger partial charge >= 0.3 is 0 Å². The normalized spacial score (nSPS) is 25.4. The van der Waals surface area contributed by atoms with Gasteiger partial charge in [-0.05, 0) is 31.4 Å². The third-order valence-corrected chi connectivity index (χ3v) is 6.30. The fourth-order valence-electron chi connectivity index (χ4n) is 4.61. The summed E-state index contributed by atoms with van der Waals surface area (Å²) in [5, 5.41) is 26.6. The van der Waals surface area contributed by atoms with E-state index in [1.54, 1.807) is 42.5 Å². The maximum Gasteiger partial charge on any atom is 0.185 e. The number of hydrogen-bond donors (Lipinski definition) is 2. The minimum absolute atomic E-state index is 0.0165. The van der Waals surface area contributed by atoms with Crippen LogP contribution >= 0.6 is 0 Å². The lowest BCUT2D eigenvalue weighted by molar-refractivity contribution is 0.107. The van der Waals surface area contributed by atoms with E-state index < -0.39 is 6.17 Å². The van der Waals surface area contributed by atoms with Crippen molar-refractivity contribution in [2.75, 3.05) is 11.9 Å². The zero-order valence-corrected chi connectivity index (χ0v) is 17.5. The average molecular weight is 424 g/mol. The molecule has 3 aromatic rings. The second-order valence-corrected chi connectivity index (χ2v) is 8.37. The van der Waals surface area contributed by atoms with Crippen LogP contribution in [-0.2, 0) is 7.05 Å². The van der Waals surface area contributed by atoms with Gasteiger partial charge in [-0.15, -0.1) is 10.2 Å². The van der Waals surface area contributed by atoms with E-state index in [-0.39, 0.29) is 17.8 Å². The number of benzene rings is 1. The van der Waals surface area contributed by atoms with Gasteiger partial charge in [-0.25, -0.2) is 14.4 Å². The van der Waals surface area contributed by atoms with Gasteiger partial charge in [-0.1, -0.05) is 12.5 Å². The van der Waals surface area contributed by atoms with Gasteiger partial charge in [0, 0.05) is 31.7 Å². The van der Waals surface area contributed by atoms with Crippen LogP contribution in [-0.4, -0.2) is 66.4 Å². The molecule has 0 unspecified atom stereocenters. The van der Waals surface area contributed by atoms with Crippen molar-refractivity contribution >= 4 is 5.82 Å². The number of aromatic hydroxyl groups is 1. The van der Waals surface area contributed by atoms with Gasteiger partial charge in [0.05, 0.1) is 17.8 Å². The summed E-state index contributed by atoms with van der Waals surface area (Å²) in [6.07, 6.45) is 5.99. The molecule has 2 aliphatic rings. The predicted molar refractivity (Wildman–Crippen MR) is 113 cm³/mol. The number of halogens is 1. The molecule has 1 aromatic carbocycles. The maximum atomic E-state index is 15.0. The van der Waals surface area contributed by atoms with E-state index in [4.69, 9.17) is 0 Å². The summed E-state index contributed by atoms with van der Waals surface area (Å²) in [5.41, 5.74) is 1.15. The zero-order chi connectivity index (χ0) is 21.5. The summed E-state index contributed by atoms with van der Waals surface area (Å²) in [7, 11) is 3.62. The van der Waals surface area contributed by atoms with E-state index in [0.717, 1.165) is 25.7 Å². The van der Waals surface area contributed by atoms with Crippen molar-refractivity contribution in [3.63, 3.8) is 0 Å². The van der Waals surface area contributed by atoms with Crippen LogP contribution in [0.1, 0.15) is 25.7 Å². The zero-order valence-electron chi connectivity index (χ0n) is 17.5. The third-order valence-electron chi connectivity index (χ3n) is 6.30. The number of nitrogens with one attached hydrogen (secondary N) is 1. The molecule has 4 heterocycles. The summed E-state index contributed by atoms with van der Waals surface area (Å²) in [4.78, 5) is 10.4. The lowest BCUT2D eigenvalue weighted by Gasteiger charge is -2.45. The summed E-state index contributed by atoms with van der Waals surface area (Å²) in [6, 6.07) is 5.10. The first-order chi connectivity index (χ1) is 15.0. The van der Waals surface area contributed by atoms with Crippen LogP contribution in [0, 0.1) is 0 Å². The fraction of sp³-hybridized carbons (Fsp3) is 0.476. The molecule has 162 valence electrons. The quantitative estimate of drug-likeness (QED) is 0.656. The highest BCUT2D eigenvalue weighted by atomic mass is 19.1. The van der Waals surface area contributed by atoms with Gasteiger partial charge in [0.15, 0.2) is 17.5 Å². The highest BCUT2D eigenvalue weighted by Crippen LogP contribution is 2.33. The highest BCUT2D eigenvalue weighted by Gasteiger charge is 2.42. The Hall–Kier alpha value is -3.14. The molecule has 9 nitrogen and oxygen atoms in total. The smallest absolute Gasteiger partial charge is 0.185 e. The van der Waals surface area contributed by atoms with Crippen LogP contribution in [0.4, 0.5) is 10.2 Å².